The molecule has 0 aromatic carbocycles. The van der Waals surface area contributed by atoms with Gasteiger partial charge in [0.25, 0.3) is 5.91 Å². The van der Waals surface area contributed by atoms with Gasteiger partial charge in [-0.25, -0.2) is 4.79 Å². The Balaban J connectivity index is 1.50. The number of aromatic nitrogens is 1. The summed E-state index contributed by atoms with van der Waals surface area (Å²) in [5, 5.41) is 0. The molecule has 142 valence electrons. The molecule has 3 rings (SSSR count). The van der Waals surface area contributed by atoms with Gasteiger partial charge in [-0.3, -0.25) is 14.5 Å². The van der Waals surface area contributed by atoms with Crippen molar-refractivity contribution in [1.29, 1.82) is 0 Å². The van der Waals surface area contributed by atoms with Crippen molar-refractivity contribution >= 4 is 17.8 Å². The average molecular weight is 363 g/mol. The first-order valence-electron chi connectivity index (χ1n) is 9.34. The molecule has 2 amide bonds. The minimum Gasteiger partial charge on any atom is -0.450 e. The number of carbonyl (C=O) groups is 3. The Bertz CT molecular complexity index is 658. The average Bonchev–Trinajstić information content (AvgIpc) is 3.34. The number of nitrogens with one attached hydrogen (secondary N) is 2. The van der Waals surface area contributed by atoms with E-state index in [1.165, 1.54) is 0 Å². The molecule has 2 N–H and O–H groups in total. The minimum absolute atomic E-state index is 0.0151. The normalized spacial score (nSPS) is 18.2. The van der Waals surface area contributed by atoms with Crippen molar-refractivity contribution in [2.75, 3.05) is 52.4 Å². The molecule has 2 saturated heterocycles. The van der Waals surface area contributed by atoms with Gasteiger partial charge >= 0.3 is 6.09 Å². The van der Waals surface area contributed by atoms with Crippen LogP contribution >= 0.6 is 0 Å². The van der Waals surface area contributed by atoms with Gasteiger partial charge < -0.3 is 19.5 Å². The fraction of sp³-hybridized carbons (Fsp3) is 0.611. The molecule has 8 nitrogen and oxygen atoms in total. The Morgan fingerprint density at radius 2 is 1.81 bits per heavy atom. The lowest BCUT2D eigenvalue weighted by Gasteiger charge is -2.31. The number of piperazine rings is 1. The summed E-state index contributed by atoms with van der Waals surface area (Å²) in [5.41, 5.74) is 1.03. The molecular weight excluding hydrogens is 336 g/mol. The van der Waals surface area contributed by atoms with E-state index in [0.29, 0.717) is 50.6 Å². The van der Waals surface area contributed by atoms with E-state index in [0.717, 1.165) is 30.8 Å². The Hall–Kier alpha value is -2.35. The third kappa shape index (κ3) is 4.24. The van der Waals surface area contributed by atoms with Crippen LogP contribution in [0.2, 0.25) is 0 Å². The highest BCUT2D eigenvalue weighted by atomic mass is 16.6. The van der Waals surface area contributed by atoms with Crippen LogP contribution in [0, 0.1) is 0 Å². The summed E-state index contributed by atoms with van der Waals surface area (Å²) < 4.78 is 5.01. The topological polar surface area (TPSA) is 87.1 Å². The van der Waals surface area contributed by atoms with Gasteiger partial charge in [-0.15, -0.1) is 0 Å². The maximum Gasteiger partial charge on any atom is 0.410 e. The molecule has 3 heterocycles. The van der Waals surface area contributed by atoms with Crippen molar-refractivity contribution in [2.24, 2.45) is 0 Å². The first kappa shape index (κ1) is 18.4. The van der Waals surface area contributed by atoms with Crippen molar-refractivity contribution in [3.63, 3.8) is 0 Å². The number of H-pyrrole nitrogens is 1. The van der Waals surface area contributed by atoms with Crippen LogP contribution in [0.1, 0.15) is 40.6 Å². The number of hydrogen-bond donors (Lipinski definition) is 2. The molecule has 2 aliphatic heterocycles. The van der Waals surface area contributed by atoms with Gasteiger partial charge in [0.2, 0.25) is 5.78 Å². The van der Waals surface area contributed by atoms with Gasteiger partial charge in [0, 0.05) is 24.8 Å². The van der Waals surface area contributed by atoms with Crippen LogP contribution in [0.25, 0.3) is 0 Å². The monoisotopic (exact) mass is 363 g/mol. The van der Waals surface area contributed by atoms with Crippen LogP contribution in [0.15, 0.2) is 12.3 Å². The smallest absolute Gasteiger partial charge is 0.410 e. The van der Waals surface area contributed by atoms with Gasteiger partial charge in [0.1, 0.15) is 12.2 Å². The molecule has 2 fully saturated rings. The summed E-state index contributed by atoms with van der Waals surface area (Å²) in [5.74, 6) is -0.0155. The van der Waals surface area contributed by atoms with Crippen LogP contribution in [0.4, 0.5) is 4.79 Å². The molecule has 0 atom stereocenters. The fourth-order valence-electron chi connectivity index (χ4n) is 3.50. The molecule has 0 saturated carbocycles. The molecule has 2 aliphatic rings. The number of ether oxygens (including phenoxy) is 1. The summed E-state index contributed by atoms with van der Waals surface area (Å²) in [4.78, 5) is 44.2. The zero-order chi connectivity index (χ0) is 18.5. The molecule has 8 heteroatoms. The first-order chi connectivity index (χ1) is 12.6. The molecule has 1 aromatic heterocycles. The molecule has 1 aromatic rings. The summed E-state index contributed by atoms with van der Waals surface area (Å²) in [6.07, 6.45) is 3.42. The second kappa shape index (κ2) is 8.35. The number of rotatable bonds is 5. The lowest BCUT2D eigenvalue weighted by molar-refractivity contribution is -0.895. The molecule has 0 bridgehead atoms. The number of nitrogens with zero attached hydrogens (tertiary/aromatic N) is 2. The quantitative estimate of drug-likeness (QED) is 0.709. The number of carbonyl (C=O) groups excluding carboxylic acids is 3. The van der Waals surface area contributed by atoms with E-state index in [1.54, 1.807) is 24.1 Å². The third-order valence-corrected chi connectivity index (χ3v) is 5.04. The number of quaternary nitrogens is 1. The van der Waals surface area contributed by atoms with Crippen molar-refractivity contribution < 1.29 is 24.0 Å². The Kier molecular flexibility index (Phi) is 5.92. The molecule has 26 heavy (non-hydrogen) atoms. The zero-order valence-electron chi connectivity index (χ0n) is 15.3. The van der Waals surface area contributed by atoms with Gasteiger partial charge in [0.15, 0.2) is 0 Å². The van der Waals surface area contributed by atoms with Crippen LogP contribution in [0.3, 0.4) is 0 Å². The summed E-state index contributed by atoms with van der Waals surface area (Å²) in [6.45, 7) is 6.72. The molecule has 0 aliphatic carbocycles. The summed E-state index contributed by atoms with van der Waals surface area (Å²) in [6, 6.07) is 1.66. The minimum atomic E-state index is -0.284. The second-order valence-corrected chi connectivity index (χ2v) is 6.84. The number of aromatic amines is 1. The van der Waals surface area contributed by atoms with E-state index in [9.17, 15) is 14.4 Å². The lowest BCUT2D eigenvalue weighted by Crippen LogP contribution is -3.15. The highest BCUT2D eigenvalue weighted by Gasteiger charge is 2.27. The van der Waals surface area contributed by atoms with Crippen LogP contribution in [-0.2, 0) is 4.74 Å². The Morgan fingerprint density at radius 1 is 1.12 bits per heavy atom. The number of amides is 2. The number of Topliss-reactive ketones (excluding diaryl/α,β-unsaturated/α-hetero) is 1. The van der Waals surface area contributed by atoms with Gasteiger partial charge in [-0.05, 0) is 25.8 Å². The van der Waals surface area contributed by atoms with E-state index in [1.807, 2.05) is 4.90 Å². The van der Waals surface area contributed by atoms with E-state index < -0.39 is 0 Å². The maximum atomic E-state index is 12.5. The highest BCUT2D eigenvalue weighted by molar-refractivity contribution is 6.00. The Morgan fingerprint density at radius 3 is 2.46 bits per heavy atom. The highest BCUT2D eigenvalue weighted by Crippen LogP contribution is 2.13. The zero-order valence-corrected chi connectivity index (χ0v) is 15.3. The van der Waals surface area contributed by atoms with E-state index in [4.69, 9.17) is 4.74 Å². The van der Waals surface area contributed by atoms with E-state index >= 15 is 0 Å². The third-order valence-electron chi connectivity index (χ3n) is 5.04. The van der Waals surface area contributed by atoms with Crippen molar-refractivity contribution in [1.82, 2.24) is 14.8 Å². The van der Waals surface area contributed by atoms with Crippen molar-refractivity contribution in [3.05, 3.63) is 23.5 Å². The summed E-state index contributed by atoms with van der Waals surface area (Å²) >= 11 is 0. The molecular formula is C18H27N4O4+. The summed E-state index contributed by atoms with van der Waals surface area (Å²) in [7, 11) is 0. The number of likely N-dealkylation sites (tertiary alicyclic amines) is 1. The molecule has 0 unspecified atom stereocenters. The predicted octanol–water partition coefficient (Wildman–Crippen LogP) is -0.210. The van der Waals surface area contributed by atoms with E-state index in [2.05, 4.69) is 4.98 Å². The van der Waals surface area contributed by atoms with Crippen molar-refractivity contribution in [3.8, 4) is 0 Å². The van der Waals surface area contributed by atoms with Gasteiger partial charge in [0.05, 0.1) is 32.8 Å². The molecule has 0 spiro atoms. The number of ketones is 1. The second-order valence-electron chi connectivity index (χ2n) is 6.84. The number of hydrogen-bond acceptors (Lipinski definition) is 4. The SMILES string of the molecule is CCOC(=O)N1CC[NH+](CC(=O)c2c[nH]c(C(=O)N3CCCC3)c2)CC1. The fourth-order valence-corrected chi connectivity index (χ4v) is 3.50. The van der Waals surface area contributed by atoms with Crippen LogP contribution < -0.4 is 4.90 Å². The maximum absolute atomic E-state index is 12.5. The van der Waals surface area contributed by atoms with Crippen LogP contribution in [-0.4, -0.2) is 85.0 Å². The van der Waals surface area contributed by atoms with Gasteiger partial charge in [-0.1, -0.05) is 0 Å². The lowest BCUT2D eigenvalue weighted by atomic mass is 10.2. The Labute approximate surface area is 153 Å². The van der Waals surface area contributed by atoms with Crippen molar-refractivity contribution in [2.45, 2.75) is 19.8 Å². The first-order valence-corrected chi connectivity index (χ1v) is 9.34. The largest absolute Gasteiger partial charge is 0.450 e. The van der Waals surface area contributed by atoms with E-state index in [-0.39, 0.29) is 17.8 Å². The predicted molar refractivity (Wildman–Crippen MR) is 94.4 cm³/mol. The van der Waals surface area contributed by atoms with Gasteiger partial charge in [-0.2, -0.15) is 0 Å². The molecule has 0 radical (unpaired) electrons. The van der Waals surface area contributed by atoms with Crippen LogP contribution in [0.5, 0.6) is 0 Å². The standard InChI is InChI=1S/C18H26N4O4/c1-2-26-18(25)22-9-7-20(8-10-22)13-16(23)14-11-15(19-12-14)17(24)21-5-3-4-6-21/h11-12,19H,2-10,13H2,1H3/p+1.